The summed E-state index contributed by atoms with van der Waals surface area (Å²) < 4.78 is 16.4. The van der Waals surface area contributed by atoms with Crippen LogP contribution in [0.1, 0.15) is 30.6 Å². The SMILES string of the molecule is CCN(Cc1cccc2c1OCO2)C(=O)[C@H]1C[C@@H]1c1ccco1. The van der Waals surface area contributed by atoms with Crippen molar-refractivity contribution in [3.63, 3.8) is 0 Å². The van der Waals surface area contributed by atoms with Crippen LogP contribution in [0.15, 0.2) is 41.0 Å². The van der Waals surface area contributed by atoms with Gasteiger partial charge in [0.15, 0.2) is 11.5 Å². The topological polar surface area (TPSA) is 51.9 Å². The van der Waals surface area contributed by atoms with Crippen LogP contribution in [0.5, 0.6) is 11.5 Å². The number of nitrogens with zero attached hydrogens (tertiary/aromatic N) is 1. The van der Waals surface area contributed by atoms with Gasteiger partial charge in [-0.05, 0) is 31.5 Å². The lowest BCUT2D eigenvalue weighted by Crippen LogP contribution is -2.32. The average molecular weight is 313 g/mol. The van der Waals surface area contributed by atoms with Gasteiger partial charge in [-0.25, -0.2) is 0 Å². The largest absolute Gasteiger partial charge is 0.469 e. The molecule has 1 fully saturated rings. The highest BCUT2D eigenvalue weighted by Gasteiger charge is 2.47. The van der Waals surface area contributed by atoms with E-state index in [2.05, 4.69) is 0 Å². The molecule has 5 nitrogen and oxygen atoms in total. The van der Waals surface area contributed by atoms with E-state index in [0.717, 1.165) is 29.2 Å². The lowest BCUT2D eigenvalue weighted by Gasteiger charge is -2.22. The van der Waals surface area contributed by atoms with Gasteiger partial charge in [0.2, 0.25) is 12.7 Å². The van der Waals surface area contributed by atoms with Crippen molar-refractivity contribution in [3.05, 3.63) is 47.9 Å². The van der Waals surface area contributed by atoms with E-state index in [-0.39, 0.29) is 24.5 Å². The van der Waals surface area contributed by atoms with Gasteiger partial charge >= 0.3 is 0 Å². The van der Waals surface area contributed by atoms with Crippen LogP contribution in [-0.2, 0) is 11.3 Å². The van der Waals surface area contributed by atoms with Crippen LogP contribution in [0.3, 0.4) is 0 Å². The molecule has 120 valence electrons. The van der Waals surface area contributed by atoms with E-state index in [1.54, 1.807) is 6.26 Å². The Kier molecular flexibility index (Phi) is 3.48. The number of ether oxygens (including phenoxy) is 2. The van der Waals surface area contributed by atoms with Gasteiger partial charge in [-0.1, -0.05) is 12.1 Å². The summed E-state index contributed by atoms with van der Waals surface area (Å²) in [7, 11) is 0. The van der Waals surface area contributed by atoms with E-state index in [9.17, 15) is 4.79 Å². The number of para-hydroxylation sites is 1. The van der Waals surface area contributed by atoms with E-state index >= 15 is 0 Å². The molecule has 1 aromatic carbocycles. The van der Waals surface area contributed by atoms with E-state index in [0.29, 0.717) is 13.1 Å². The molecule has 1 aliphatic carbocycles. The van der Waals surface area contributed by atoms with Crippen molar-refractivity contribution in [2.75, 3.05) is 13.3 Å². The summed E-state index contributed by atoms with van der Waals surface area (Å²) in [6.07, 6.45) is 2.53. The Bertz CT molecular complexity index is 710. The number of carbonyl (C=O) groups excluding carboxylic acids is 1. The number of fused-ring (bicyclic) bond motifs is 1. The zero-order valence-corrected chi connectivity index (χ0v) is 13.0. The Morgan fingerprint density at radius 3 is 2.96 bits per heavy atom. The summed E-state index contributed by atoms with van der Waals surface area (Å²) in [5.41, 5.74) is 0.991. The fourth-order valence-electron chi connectivity index (χ4n) is 3.19. The first-order chi connectivity index (χ1) is 11.3. The first-order valence-electron chi connectivity index (χ1n) is 7.97. The molecule has 2 aromatic rings. The second-order valence-corrected chi connectivity index (χ2v) is 5.97. The lowest BCUT2D eigenvalue weighted by atomic mass is 10.1. The number of rotatable bonds is 5. The first kappa shape index (κ1) is 14.2. The minimum absolute atomic E-state index is 0.0371. The van der Waals surface area contributed by atoms with Crippen molar-refractivity contribution in [1.29, 1.82) is 0 Å². The zero-order valence-electron chi connectivity index (χ0n) is 13.0. The molecule has 1 aromatic heterocycles. The van der Waals surface area contributed by atoms with Crippen molar-refractivity contribution >= 4 is 5.91 Å². The van der Waals surface area contributed by atoms with Crippen molar-refractivity contribution in [2.24, 2.45) is 5.92 Å². The fraction of sp³-hybridized carbons (Fsp3) is 0.389. The molecule has 5 heteroatoms. The number of amides is 1. The minimum atomic E-state index is 0.0371. The van der Waals surface area contributed by atoms with Gasteiger partial charge in [-0.2, -0.15) is 0 Å². The van der Waals surface area contributed by atoms with Gasteiger partial charge in [-0.3, -0.25) is 4.79 Å². The minimum Gasteiger partial charge on any atom is -0.469 e. The fourth-order valence-corrected chi connectivity index (χ4v) is 3.19. The van der Waals surface area contributed by atoms with Gasteiger partial charge in [0.05, 0.1) is 6.26 Å². The Morgan fingerprint density at radius 2 is 2.17 bits per heavy atom. The lowest BCUT2D eigenvalue weighted by molar-refractivity contribution is -0.133. The molecule has 0 unspecified atom stereocenters. The molecule has 0 saturated heterocycles. The van der Waals surface area contributed by atoms with Crippen molar-refractivity contribution in [2.45, 2.75) is 25.8 Å². The number of carbonyl (C=O) groups is 1. The van der Waals surface area contributed by atoms with E-state index in [4.69, 9.17) is 13.9 Å². The molecular weight excluding hydrogens is 294 g/mol. The van der Waals surface area contributed by atoms with Crippen LogP contribution < -0.4 is 9.47 Å². The average Bonchev–Trinajstić information content (AvgIpc) is 3.00. The van der Waals surface area contributed by atoms with Crippen molar-refractivity contribution < 1.29 is 18.7 Å². The number of furan rings is 1. The monoisotopic (exact) mass is 313 g/mol. The third-order valence-corrected chi connectivity index (χ3v) is 4.55. The van der Waals surface area contributed by atoms with Crippen LogP contribution in [0, 0.1) is 5.92 Å². The van der Waals surface area contributed by atoms with Crippen LogP contribution >= 0.6 is 0 Å². The Labute approximate surface area is 134 Å². The Balaban J connectivity index is 1.47. The molecule has 1 aliphatic heterocycles. The third-order valence-electron chi connectivity index (χ3n) is 4.55. The second-order valence-electron chi connectivity index (χ2n) is 5.97. The van der Waals surface area contributed by atoms with Crippen LogP contribution in [-0.4, -0.2) is 24.1 Å². The standard InChI is InChI=1S/C18H19NO4/c1-2-19(10-12-5-3-6-16-17(12)23-11-22-16)18(20)14-9-13(14)15-7-4-8-21-15/h3-8,13-14H,2,9-11H2,1H3/t13-,14-/m0/s1. The molecule has 2 heterocycles. The molecule has 1 amide bonds. The number of hydrogen-bond acceptors (Lipinski definition) is 4. The summed E-state index contributed by atoms with van der Waals surface area (Å²) in [6, 6.07) is 9.63. The molecular formula is C18H19NO4. The predicted octanol–water partition coefficient (Wildman–Crippen LogP) is 3.16. The maximum Gasteiger partial charge on any atom is 0.231 e. The molecule has 4 rings (SSSR count). The summed E-state index contributed by atoms with van der Waals surface area (Å²) >= 11 is 0. The molecule has 0 spiro atoms. The highest BCUT2D eigenvalue weighted by molar-refractivity contribution is 5.83. The van der Waals surface area contributed by atoms with Crippen LogP contribution in [0.2, 0.25) is 0 Å². The zero-order chi connectivity index (χ0) is 15.8. The summed E-state index contributed by atoms with van der Waals surface area (Å²) in [5, 5.41) is 0. The maximum absolute atomic E-state index is 12.8. The van der Waals surface area contributed by atoms with E-state index < -0.39 is 0 Å². The van der Waals surface area contributed by atoms with Crippen molar-refractivity contribution in [3.8, 4) is 11.5 Å². The Morgan fingerprint density at radius 1 is 1.26 bits per heavy atom. The van der Waals surface area contributed by atoms with E-state index in [1.165, 1.54) is 0 Å². The molecule has 0 bridgehead atoms. The highest BCUT2D eigenvalue weighted by atomic mass is 16.7. The molecule has 1 saturated carbocycles. The molecule has 2 aliphatic rings. The molecule has 2 atom stereocenters. The number of hydrogen-bond donors (Lipinski definition) is 0. The number of benzene rings is 1. The maximum atomic E-state index is 12.8. The van der Waals surface area contributed by atoms with Gasteiger partial charge in [0.1, 0.15) is 5.76 Å². The van der Waals surface area contributed by atoms with Gasteiger partial charge in [0, 0.05) is 30.5 Å². The van der Waals surface area contributed by atoms with E-state index in [1.807, 2.05) is 42.2 Å². The first-order valence-corrected chi connectivity index (χ1v) is 7.97. The summed E-state index contributed by atoms with van der Waals surface area (Å²) in [5.74, 6) is 2.88. The predicted molar refractivity (Wildman–Crippen MR) is 83.2 cm³/mol. The van der Waals surface area contributed by atoms with Gasteiger partial charge in [0.25, 0.3) is 0 Å². The van der Waals surface area contributed by atoms with Crippen LogP contribution in [0.4, 0.5) is 0 Å². The summed E-state index contributed by atoms with van der Waals surface area (Å²) in [4.78, 5) is 14.6. The Hall–Kier alpha value is -2.43. The van der Waals surface area contributed by atoms with Gasteiger partial charge in [-0.15, -0.1) is 0 Å². The highest BCUT2D eigenvalue weighted by Crippen LogP contribution is 2.49. The third kappa shape index (κ3) is 2.56. The summed E-state index contributed by atoms with van der Waals surface area (Å²) in [6.45, 7) is 3.46. The van der Waals surface area contributed by atoms with Crippen molar-refractivity contribution in [1.82, 2.24) is 4.90 Å². The second kappa shape index (κ2) is 5.65. The normalized spacial score (nSPS) is 21.3. The molecule has 0 N–H and O–H groups in total. The smallest absolute Gasteiger partial charge is 0.231 e. The quantitative estimate of drug-likeness (QED) is 0.851. The van der Waals surface area contributed by atoms with Gasteiger partial charge < -0.3 is 18.8 Å². The molecule has 23 heavy (non-hydrogen) atoms. The molecule has 0 radical (unpaired) electrons. The van der Waals surface area contributed by atoms with Crippen LogP contribution in [0.25, 0.3) is 0 Å².